The number of benzene rings is 1. The smallest absolute Gasteiger partial charge is 0.317 e. The second-order valence-electron chi connectivity index (χ2n) is 6.85. The van der Waals surface area contributed by atoms with Crippen LogP contribution in [-0.2, 0) is 9.47 Å². The Morgan fingerprint density at radius 2 is 1.88 bits per heavy atom. The molecule has 6 nitrogen and oxygen atoms in total. The molecule has 3 heterocycles. The van der Waals surface area contributed by atoms with Crippen molar-refractivity contribution in [1.82, 2.24) is 10.2 Å². The van der Waals surface area contributed by atoms with E-state index in [1.54, 1.807) is 0 Å². The van der Waals surface area contributed by atoms with E-state index >= 15 is 0 Å². The zero-order valence-electron chi connectivity index (χ0n) is 14.7. The number of hydrogen-bond acceptors (Lipinski definition) is 4. The van der Waals surface area contributed by atoms with Crippen molar-refractivity contribution in [3.8, 4) is 0 Å². The van der Waals surface area contributed by atoms with E-state index in [1.165, 1.54) is 0 Å². The van der Waals surface area contributed by atoms with Gasteiger partial charge in [-0.2, -0.15) is 0 Å². The van der Waals surface area contributed by atoms with E-state index in [2.05, 4.69) is 5.32 Å². The van der Waals surface area contributed by atoms with Gasteiger partial charge in [-0.25, -0.2) is 4.79 Å². The first-order valence-electron chi connectivity index (χ1n) is 8.89. The van der Waals surface area contributed by atoms with Crippen molar-refractivity contribution in [3.05, 3.63) is 35.6 Å². The van der Waals surface area contributed by atoms with Crippen molar-refractivity contribution in [2.45, 2.75) is 38.5 Å². The van der Waals surface area contributed by atoms with Crippen LogP contribution >= 0.6 is 0 Å². The molecular formula is C19H24N2O4. The summed E-state index contributed by atoms with van der Waals surface area (Å²) in [6.07, 6.45) is 1.44. The van der Waals surface area contributed by atoms with Crippen molar-refractivity contribution in [2.75, 3.05) is 26.3 Å². The average Bonchev–Trinajstić information content (AvgIpc) is 3.21. The molecule has 1 atom stereocenters. The number of urea groups is 1. The first-order chi connectivity index (χ1) is 12.1. The number of nitrogens with zero attached hydrogens (tertiary/aromatic N) is 1. The summed E-state index contributed by atoms with van der Waals surface area (Å²) in [6, 6.07) is 7.68. The van der Waals surface area contributed by atoms with Gasteiger partial charge in [-0.05, 0) is 19.9 Å². The average molecular weight is 344 g/mol. The molecular weight excluding hydrogens is 320 g/mol. The number of hydrogen-bond donors (Lipinski definition) is 1. The molecule has 0 unspecified atom stereocenters. The summed E-state index contributed by atoms with van der Waals surface area (Å²) in [5.41, 5.74) is 1.93. The van der Waals surface area contributed by atoms with Gasteiger partial charge in [-0.15, -0.1) is 0 Å². The van der Waals surface area contributed by atoms with Gasteiger partial charge in [-0.1, -0.05) is 18.2 Å². The van der Waals surface area contributed by atoms with Crippen molar-refractivity contribution in [2.24, 2.45) is 0 Å². The lowest BCUT2D eigenvalue weighted by Gasteiger charge is -2.37. The van der Waals surface area contributed by atoms with E-state index in [0.717, 1.165) is 35.1 Å². The Bertz CT molecular complexity index is 769. The molecule has 2 fully saturated rings. The normalized spacial score (nSPS) is 21.0. The van der Waals surface area contributed by atoms with Crippen molar-refractivity contribution in [3.63, 3.8) is 0 Å². The highest BCUT2D eigenvalue weighted by atomic mass is 16.7. The first kappa shape index (κ1) is 16.4. The highest BCUT2D eigenvalue weighted by Gasteiger charge is 2.41. The molecule has 0 bridgehead atoms. The molecule has 1 aromatic heterocycles. The largest absolute Gasteiger partial charge is 0.459 e. The maximum absolute atomic E-state index is 12.6. The van der Waals surface area contributed by atoms with Gasteiger partial charge >= 0.3 is 6.03 Å². The third kappa shape index (κ3) is 3.00. The number of fused-ring (bicyclic) bond motifs is 1. The highest BCUT2D eigenvalue weighted by Crippen LogP contribution is 2.32. The summed E-state index contributed by atoms with van der Waals surface area (Å²) in [5, 5.41) is 4.15. The number of ether oxygens (including phenoxy) is 2. The topological polar surface area (TPSA) is 63.9 Å². The van der Waals surface area contributed by atoms with Crippen LogP contribution in [-0.4, -0.2) is 43.0 Å². The summed E-state index contributed by atoms with van der Waals surface area (Å²) >= 11 is 0. The lowest BCUT2D eigenvalue weighted by atomic mass is 10.0. The van der Waals surface area contributed by atoms with Gasteiger partial charge in [0.1, 0.15) is 11.3 Å². The molecule has 2 saturated heterocycles. The molecule has 0 radical (unpaired) electrons. The second kappa shape index (κ2) is 6.35. The minimum atomic E-state index is -0.461. The molecule has 2 aliphatic heterocycles. The van der Waals surface area contributed by atoms with E-state index in [4.69, 9.17) is 13.9 Å². The zero-order valence-corrected chi connectivity index (χ0v) is 14.7. The monoisotopic (exact) mass is 344 g/mol. The van der Waals surface area contributed by atoms with Gasteiger partial charge in [0.25, 0.3) is 0 Å². The summed E-state index contributed by atoms with van der Waals surface area (Å²) in [4.78, 5) is 14.4. The van der Waals surface area contributed by atoms with E-state index in [1.807, 2.05) is 43.0 Å². The zero-order chi connectivity index (χ0) is 17.4. The van der Waals surface area contributed by atoms with Gasteiger partial charge in [0, 0.05) is 36.9 Å². The fraction of sp³-hybridized carbons (Fsp3) is 0.526. The van der Waals surface area contributed by atoms with Crippen LogP contribution in [0, 0.1) is 6.92 Å². The Hall–Kier alpha value is -2.05. The maximum Gasteiger partial charge on any atom is 0.317 e. The van der Waals surface area contributed by atoms with Crippen LogP contribution in [0.5, 0.6) is 0 Å². The summed E-state index contributed by atoms with van der Waals surface area (Å²) in [5.74, 6) is 0.350. The maximum atomic E-state index is 12.6. The minimum Gasteiger partial charge on any atom is -0.459 e. The van der Waals surface area contributed by atoms with Gasteiger partial charge in [0.15, 0.2) is 5.79 Å². The Kier molecular flexibility index (Phi) is 4.17. The lowest BCUT2D eigenvalue weighted by molar-refractivity contribution is -0.181. The molecule has 2 aliphatic rings. The quantitative estimate of drug-likeness (QED) is 0.907. The molecule has 0 aliphatic carbocycles. The Labute approximate surface area is 147 Å². The van der Waals surface area contributed by atoms with Gasteiger partial charge in [-0.3, -0.25) is 0 Å². The third-order valence-corrected chi connectivity index (χ3v) is 5.24. The number of carbonyl (C=O) groups excluding carboxylic acids is 1. The van der Waals surface area contributed by atoms with Crippen LogP contribution in [0.4, 0.5) is 4.79 Å². The van der Waals surface area contributed by atoms with Crippen LogP contribution in [0.1, 0.15) is 37.1 Å². The predicted octanol–water partition coefficient (Wildman–Crippen LogP) is 3.35. The number of furan rings is 1. The molecule has 0 saturated carbocycles. The molecule has 6 heteroatoms. The highest BCUT2D eigenvalue weighted by molar-refractivity contribution is 5.82. The summed E-state index contributed by atoms with van der Waals surface area (Å²) in [7, 11) is 0. The van der Waals surface area contributed by atoms with Crippen molar-refractivity contribution >= 4 is 17.0 Å². The van der Waals surface area contributed by atoms with Crippen LogP contribution in [0.2, 0.25) is 0 Å². The molecule has 25 heavy (non-hydrogen) atoms. The fourth-order valence-electron chi connectivity index (χ4n) is 3.78. The van der Waals surface area contributed by atoms with Gasteiger partial charge < -0.3 is 24.1 Å². The van der Waals surface area contributed by atoms with Crippen LogP contribution in [0.3, 0.4) is 0 Å². The van der Waals surface area contributed by atoms with Crippen molar-refractivity contribution in [1.29, 1.82) is 0 Å². The second-order valence-corrected chi connectivity index (χ2v) is 6.85. The molecule has 1 aromatic carbocycles. The number of carbonyl (C=O) groups is 1. The third-order valence-electron chi connectivity index (χ3n) is 5.24. The predicted molar refractivity (Wildman–Crippen MR) is 93.3 cm³/mol. The van der Waals surface area contributed by atoms with Crippen LogP contribution in [0.15, 0.2) is 28.7 Å². The molecule has 2 amide bonds. The first-order valence-corrected chi connectivity index (χ1v) is 8.89. The number of aryl methyl sites for hydroxylation is 1. The lowest BCUT2D eigenvalue weighted by Crippen LogP contribution is -2.50. The van der Waals surface area contributed by atoms with E-state index in [0.29, 0.717) is 26.3 Å². The standard InChI is InChI=1S/C19H24N2O4/c1-13-15-5-3-4-6-16(15)25-17(13)14(2)20-18(22)21-9-7-19(8-10-21)23-11-12-24-19/h3-6,14H,7-12H2,1-2H3,(H,20,22)/t14-/m0/s1. The number of likely N-dealkylation sites (tertiary alicyclic amines) is 1. The van der Waals surface area contributed by atoms with E-state index in [-0.39, 0.29) is 12.1 Å². The fourth-order valence-corrected chi connectivity index (χ4v) is 3.78. The Morgan fingerprint density at radius 1 is 1.20 bits per heavy atom. The molecule has 2 aromatic rings. The van der Waals surface area contributed by atoms with Crippen LogP contribution < -0.4 is 5.32 Å². The summed E-state index contributed by atoms with van der Waals surface area (Å²) in [6.45, 7) is 6.55. The molecule has 134 valence electrons. The molecule has 1 spiro atoms. The summed E-state index contributed by atoms with van der Waals surface area (Å²) < 4.78 is 17.4. The Balaban J connectivity index is 1.41. The Morgan fingerprint density at radius 3 is 2.56 bits per heavy atom. The van der Waals surface area contributed by atoms with E-state index in [9.17, 15) is 4.79 Å². The number of amides is 2. The van der Waals surface area contributed by atoms with E-state index < -0.39 is 5.79 Å². The van der Waals surface area contributed by atoms with Gasteiger partial charge in [0.05, 0.1) is 19.3 Å². The van der Waals surface area contributed by atoms with Gasteiger partial charge in [0.2, 0.25) is 0 Å². The van der Waals surface area contributed by atoms with Crippen molar-refractivity contribution < 1.29 is 18.7 Å². The van der Waals surface area contributed by atoms with Crippen LogP contribution in [0.25, 0.3) is 11.0 Å². The number of rotatable bonds is 2. The SMILES string of the molecule is Cc1c([C@H](C)NC(=O)N2CCC3(CC2)OCCO3)oc2ccccc12. The molecule has 1 N–H and O–H groups in total. The number of para-hydroxylation sites is 1. The number of nitrogens with one attached hydrogen (secondary N) is 1. The number of piperidine rings is 1. The molecule has 4 rings (SSSR count). The minimum absolute atomic E-state index is 0.0693.